The van der Waals surface area contributed by atoms with Gasteiger partial charge in [-0.15, -0.1) is 0 Å². The molecule has 3 heteroatoms. The molecule has 16 heavy (non-hydrogen) atoms. The number of aliphatic hydroxyl groups is 1. The summed E-state index contributed by atoms with van der Waals surface area (Å²) in [7, 11) is 1.81. The fraction of sp³-hybridized carbons (Fsp3) is 0.538. The first kappa shape index (κ1) is 13.0. The average molecular weight is 223 g/mol. The molecule has 1 aromatic rings. The molecule has 0 aromatic heterocycles. The fourth-order valence-corrected chi connectivity index (χ4v) is 1.45. The highest BCUT2D eigenvalue weighted by Crippen LogP contribution is 2.20. The molecule has 0 amide bonds. The molecule has 2 N–H and O–H groups in total. The van der Waals surface area contributed by atoms with Crippen molar-refractivity contribution in [2.24, 2.45) is 0 Å². The van der Waals surface area contributed by atoms with Crippen molar-refractivity contribution in [2.45, 2.75) is 25.9 Å². The smallest absolute Gasteiger partial charge is 0.119 e. The van der Waals surface area contributed by atoms with Crippen molar-refractivity contribution < 1.29 is 9.84 Å². The number of aliphatic hydroxyl groups excluding tert-OH is 1. The van der Waals surface area contributed by atoms with Crippen LogP contribution in [0.3, 0.4) is 0 Å². The third kappa shape index (κ3) is 4.21. The van der Waals surface area contributed by atoms with Gasteiger partial charge in [0, 0.05) is 6.54 Å². The van der Waals surface area contributed by atoms with Crippen LogP contribution in [0.15, 0.2) is 24.3 Å². The molecule has 0 heterocycles. The zero-order valence-corrected chi connectivity index (χ0v) is 10.2. The van der Waals surface area contributed by atoms with Gasteiger partial charge >= 0.3 is 0 Å². The summed E-state index contributed by atoms with van der Waals surface area (Å²) in [5, 5.41) is 12.4. The van der Waals surface area contributed by atoms with E-state index in [-0.39, 0.29) is 0 Å². The highest BCUT2D eigenvalue weighted by Gasteiger charge is 2.05. The van der Waals surface area contributed by atoms with Crippen LogP contribution >= 0.6 is 0 Å². The van der Waals surface area contributed by atoms with Gasteiger partial charge in [-0.05, 0) is 30.7 Å². The van der Waals surface area contributed by atoms with E-state index in [4.69, 9.17) is 4.74 Å². The summed E-state index contributed by atoms with van der Waals surface area (Å²) in [5.74, 6) is 1.31. The lowest BCUT2D eigenvalue weighted by atomic mass is 10.0. The van der Waals surface area contributed by atoms with Gasteiger partial charge in [0.2, 0.25) is 0 Å². The van der Waals surface area contributed by atoms with Crippen molar-refractivity contribution in [1.29, 1.82) is 0 Å². The van der Waals surface area contributed by atoms with Crippen molar-refractivity contribution >= 4 is 0 Å². The highest BCUT2D eigenvalue weighted by atomic mass is 16.5. The van der Waals surface area contributed by atoms with Crippen LogP contribution in [0.25, 0.3) is 0 Å². The molecule has 0 spiro atoms. The van der Waals surface area contributed by atoms with Crippen LogP contribution in [0.4, 0.5) is 0 Å². The number of benzene rings is 1. The molecule has 0 aliphatic heterocycles. The molecule has 0 fully saturated rings. The van der Waals surface area contributed by atoms with Crippen molar-refractivity contribution in [3.8, 4) is 5.75 Å². The standard InChI is InChI=1S/C13H21NO2/c1-10(2)11-5-4-6-13(7-11)16-9-12(15)8-14-3/h4-7,10,12,14-15H,8-9H2,1-3H3. The second-order valence-electron chi connectivity index (χ2n) is 4.25. The molecule has 0 aliphatic carbocycles. The minimum atomic E-state index is -0.465. The summed E-state index contributed by atoms with van der Waals surface area (Å²) in [6, 6.07) is 8.01. The average Bonchev–Trinajstić information content (AvgIpc) is 2.27. The van der Waals surface area contributed by atoms with Gasteiger partial charge in [-0.25, -0.2) is 0 Å². The first-order chi connectivity index (χ1) is 7.63. The maximum Gasteiger partial charge on any atom is 0.119 e. The van der Waals surface area contributed by atoms with E-state index in [1.807, 2.05) is 25.2 Å². The van der Waals surface area contributed by atoms with E-state index >= 15 is 0 Å². The number of likely N-dealkylation sites (N-methyl/N-ethyl adjacent to an activating group) is 1. The molecule has 1 rings (SSSR count). The molecule has 3 nitrogen and oxygen atoms in total. The van der Waals surface area contributed by atoms with E-state index in [0.717, 1.165) is 5.75 Å². The van der Waals surface area contributed by atoms with Gasteiger partial charge in [0.15, 0.2) is 0 Å². The largest absolute Gasteiger partial charge is 0.491 e. The van der Waals surface area contributed by atoms with Crippen molar-refractivity contribution in [1.82, 2.24) is 5.32 Å². The summed E-state index contributed by atoms with van der Waals surface area (Å²) >= 11 is 0. The molecule has 0 radical (unpaired) electrons. The molecule has 1 aromatic carbocycles. The quantitative estimate of drug-likeness (QED) is 0.772. The van der Waals surface area contributed by atoms with Gasteiger partial charge in [-0.2, -0.15) is 0 Å². The van der Waals surface area contributed by atoms with Gasteiger partial charge in [-0.3, -0.25) is 0 Å². The van der Waals surface area contributed by atoms with Crippen LogP contribution in [0.1, 0.15) is 25.3 Å². The highest BCUT2D eigenvalue weighted by molar-refractivity contribution is 5.30. The lowest BCUT2D eigenvalue weighted by Crippen LogP contribution is -2.29. The Morgan fingerprint density at radius 2 is 2.12 bits per heavy atom. The van der Waals surface area contributed by atoms with Gasteiger partial charge < -0.3 is 15.2 Å². The van der Waals surface area contributed by atoms with E-state index in [1.54, 1.807) is 0 Å². The number of ether oxygens (including phenoxy) is 1. The summed E-state index contributed by atoms with van der Waals surface area (Å²) in [6.07, 6.45) is -0.465. The fourth-order valence-electron chi connectivity index (χ4n) is 1.45. The van der Waals surface area contributed by atoms with Crippen LogP contribution in [0.5, 0.6) is 5.75 Å². The minimum absolute atomic E-state index is 0.322. The molecule has 0 saturated heterocycles. The molecule has 0 aliphatic rings. The van der Waals surface area contributed by atoms with Crippen molar-refractivity contribution in [2.75, 3.05) is 20.2 Å². The Kier molecular flexibility index (Phi) is 5.29. The Labute approximate surface area is 97.4 Å². The number of nitrogens with one attached hydrogen (secondary N) is 1. The third-order valence-corrected chi connectivity index (χ3v) is 2.41. The maximum atomic E-state index is 9.50. The van der Waals surface area contributed by atoms with Crippen LogP contribution in [-0.4, -0.2) is 31.4 Å². The maximum absolute atomic E-state index is 9.50. The summed E-state index contributed by atoms with van der Waals surface area (Å²) in [5.41, 5.74) is 1.25. The predicted molar refractivity (Wildman–Crippen MR) is 66.0 cm³/mol. The predicted octanol–water partition coefficient (Wildman–Crippen LogP) is 1.77. The number of rotatable bonds is 6. The second-order valence-corrected chi connectivity index (χ2v) is 4.25. The Balaban J connectivity index is 2.50. The van der Waals surface area contributed by atoms with Gasteiger partial charge in [0.05, 0.1) is 0 Å². The topological polar surface area (TPSA) is 41.5 Å². The summed E-state index contributed by atoms with van der Waals surface area (Å²) < 4.78 is 5.52. The zero-order valence-electron chi connectivity index (χ0n) is 10.2. The monoisotopic (exact) mass is 223 g/mol. The molecule has 90 valence electrons. The Hall–Kier alpha value is -1.06. The van der Waals surface area contributed by atoms with Gasteiger partial charge in [0.25, 0.3) is 0 Å². The van der Waals surface area contributed by atoms with E-state index in [0.29, 0.717) is 19.1 Å². The van der Waals surface area contributed by atoms with E-state index in [1.165, 1.54) is 5.56 Å². The van der Waals surface area contributed by atoms with E-state index < -0.39 is 6.10 Å². The summed E-state index contributed by atoms with van der Waals surface area (Å²) in [6.45, 7) is 5.16. The molecule has 0 bridgehead atoms. The first-order valence-electron chi connectivity index (χ1n) is 5.69. The number of hydrogen-bond donors (Lipinski definition) is 2. The van der Waals surface area contributed by atoms with Crippen LogP contribution < -0.4 is 10.1 Å². The van der Waals surface area contributed by atoms with Crippen LogP contribution in [-0.2, 0) is 0 Å². The molecule has 1 unspecified atom stereocenters. The number of hydrogen-bond acceptors (Lipinski definition) is 3. The van der Waals surface area contributed by atoms with Crippen LogP contribution in [0.2, 0.25) is 0 Å². The van der Waals surface area contributed by atoms with Gasteiger partial charge in [-0.1, -0.05) is 26.0 Å². The first-order valence-corrected chi connectivity index (χ1v) is 5.69. The van der Waals surface area contributed by atoms with Crippen molar-refractivity contribution in [3.63, 3.8) is 0 Å². The van der Waals surface area contributed by atoms with E-state index in [9.17, 15) is 5.11 Å². The normalized spacial score (nSPS) is 12.8. The van der Waals surface area contributed by atoms with Crippen LogP contribution in [0, 0.1) is 0 Å². The molecule has 0 saturated carbocycles. The second kappa shape index (κ2) is 6.51. The zero-order chi connectivity index (χ0) is 12.0. The summed E-state index contributed by atoms with van der Waals surface area (Å²) in [4.78, 5) is 0. The Bertz CT molecular complexity index is 313. The minimum Gasteiger partial charge on any atom is -0.491 e. The third-order valence-electron chi connectivity index (χ3n) is 2.41. The Morgan fingerprint density at radius 3 is 2.75 bits per heavy atom. The lowest BCUT2D eigenvalue weighted by Gasteiger charge is -2.13. The Morgan fingerprint density at radius 1 is 1.38 bits per heavy atom. The molecular weight excluding hydrogens is 202 g/mol. The van der Waals surface area contributed by atoms with Crippen molar-refractivity contribution in [3.05, 3.63) is 29.8 Å². The van der Waals surface area contributed by atoms with Gasteiger partial charge in [0.1, 0.15) is 18.5 Å². The lowest BCUT2D eigenvalue weighted by molar-refractivity contribution is 0.108. The SMILES string of the molecule is CNCC(O)COc1cccc(C(C)C)c1. The van der Waals surface area contributed by atoms with E-state index in [2.05, 4.69) is 25.2 Å². The molecular formula is C13H21NO2. The molecule has 1 atom stereocenters.